The molecule has 0 atom stereocenters. The van der Waals surface area contributed by atoms with Crippen molar-refractivity contribution >= 4 is 23.5 Å². The first-order valence-corrected chi connectivity index (χ1v) is 6.71. The number of aliphatic carboxylic acids is 1. The fraction of sp³-hybridized carbons (Fsp3) is 0.429. The van der Waals surface area contributed by atoms with Gasteiger partial charge in [0, 0.05) is 10.6 Å². The van der Waals surface area contributed by atoms with E-state index in [1.807, 2.05) is 0 Å². The fourth-order valence-corrected chi connectivity index (χ4v) is 2.49. The van der Waals surface area contributed by atoms with Gasteiger partial charge in [-0.15, -0.1) is 0 Å². The van der Waals surface area contributed by atoms with Crippen LogP contribution in [-0.4, -0.2) is 29.6 Å². The predicted molar refractivity (Wildman–Crippen MR) is 74.1 cm³/mol. The number of carbonyl (C=O) groups excluding carboxylic acids is 1. The highest BCUT2D eigenvalue weighted by Crippen LogP contribution is 2.32. The maximum absolute atomic E-state index is 12.0. The van der Waals surface area contributed by atoms with Gasteiger partial charge in [0.1, 0.15) is 11.3 Å². The van der Waals surface area contributed by atoms with Crippen LogP contribution in [0.15, 0.2) is 18.2 Å². The third kappa shape index (κ3) is 2.88. The number of carboxylic acid groups (broad SMARTS) is 1. The van der Waals surface area contributed by atoms with Crippen molar-refractivity contribution < 1.29 is 19.4 Å². The van der Waals surface area contributed by atoms with Crippen molar-refractivity contribution in [2.24, 2.45) is 0 Å². The maximum atomic E-state index is 12.0. The van der Waals surface area contributed by atoms with Gasteiger partial charge in [-0.05, 0) is 37.5 Å². The highest BCUT2D eigenvalue weighted by molar-refractivity contribution is 6.30. The number of hydrogen-bond acceptors (Lipinski definition) is 3. The number of amides is 1. The molecule has 0 radical (unpaired) electrons. The summed E-state index contributed by atoms with van der Waals surface area (Å²) in [6.45, 7) is 0. The van der Waals surface area contributed by atoms with Gasteiger partial charge in [0.2, 0.25) is 5.91 Å². The topological polar surface area (TPSA) is 75.6 Å². The number of ether oxygens (including phenoxy) is 1. The van der Waals surface area contributed by atoms with Crippen LogP contribution in [0.5, 0.6) is 5.75 Å². The van der Waals surface area contributed by atoms with Crippen LogP contribution >= 0.6 is 11.6 Å². The van der Waals surface area contributed by atoms with Crippen molar-refractivity contribution in [2.75, 3.05) is 7.11 Å². The van der Waals surface area contributed by atoms with E-state index in [0.717, 1.165) is 6.42 Å². The van der Waals surface area contributed by atoms with Gasteiger partial charge in [-0.3, -0.25) is 4.79 Å². The molecule has 1 aliphatic carbocycles. The molecule has 0 saturated heterocycles. The molecule has 5 nitrogen and oxygen atoms in total. The maximum Gasteiger partial charge on any atom is 0.329 e. The number of hydrogen-bond donors (Lipinski definition) is 2. The van der Waals surface area contributed by atoms with Crippen molar-refractivity contribution in [3.8, 4) is 5.75 Å². The van der Waals surface area contributed by atoms with Crippen LogP contribution in [0.2, 0.25) is 5.02 Å². The third-order valence-electron chi connectivity index (χ3n) is 3.59. The smallest absolute Gasteiger partial charge is 0.329 e. The number of carbonyl (C=O) groups is 2. The van der Waals surface area contributed by atoms with Crippen LogP contribution in [0, 0.1) is 0 Å². The molecular weight excluding hydrogens is 282 g/mol. The Bertz CT molecular complexity index is 540. The van der Waals surface area contributed by atoms with Crippen molar-refractivity contribution in [2.45, 2.75) is 31.2 Å². The highest BCUT2D eigenvalue weighted by Gasteiger charge is 2.45. The zero-order chi connectivity index (χ0) is 14.8. The zero-order valence-corrected chi connectivity index (χ0v) is 11.9. The number of nitrogens with one attached hydrogen (secondary N) is 1. The number of rotatable bonds is 5. The Balaban J connectivity index is 2.08. The number of methoxy groups -OCH3 is 1. The van der Waals surface area contributed by atoms with Gasteiger partial charge < -0.3 is 15.2 Å². The molecular formula is C14H16ClNO4. The molecule has 2 N–H and O–H groups in total. The molecule has 0 spiro atoms. The molecule has 0 aromatic heterocycles. The standard InChI is InChI=1S/C14H16ClNO4/c1-20-11-4-3-10(15)7-9(11)8-12(17)16-14(13(18)19)5-2-6-14/h3-4,7H,2,5-6,8H2,1H3,(H,16,17)(H,18,19). The van der Waals surface area contributed by atoms with E-state index in [2.05, 4.69) is 5.32 Å². The molecule has 0 bridgehead atoms. The highest BCUT2D eigenvalue weighted by atomic mass is 35.5. The van der Waals surface area contributed by atoms with Crippen LogP contribution in [0.3, 0.4) is 0 Å². The predicted octanol–water partition coefficient (Wildman–Crippen LogP) is 2.01. The Hall–Kier alpha value is -1.75. The molecule has 0 unspecified atom stereocenters. The molecule has 1 saturated carbocycles. The zero-order valence-electron chi connectivity index (χ0n) is 11.1. The van der Waals surface area contributed by atoms with E-state index in [1.165, 1.54) is 7.11 Å². The van der Waals surface area contributed by atoms with Gasteiger partial charge >= 0.3 is 5.97 Å². The Labute approximate surface area is 121 Å². The van der Waals surface area contributed by atoms with Gasteiger partial charge in [-0.25, -0.2) is 4.79 Å². The van der Waals surface area contributed by atoms with Crippen molar-refractivity contribution in [3.63, 3.8) is 0 Å². The molecule has 6 heteroatoms. The molecule has 1 amide bonds. The summed E-state index contributed by atoms with van der Waals surface area (Å²) in [6.07, 6.45) is 1.80. The van der Waals surface area contributed by atoms with Crippen LogP contribution in [-0.2, 0) is 16.0 Å². The SMILES string of the molecule is COc1ccc(Cl)cc1CC(=O)NC1(C(=O)O)CCC1. The molecule has 1 aliphatic rings. The van der Waals surface area contributed by atoms with Crippen molar-refractivity contribution in [3.05, 3.63) is 28.8 Å². The monoisotopic (exact) mass is 297 g/mol. The third-order valence-corrected chi connectivity index (χ3v) is 3.82. The second-order valence-corrected chi connectivity index (χ2v) is 5.36. The van der Waals surface area contributed by atoms with Crippen LogP contribution in [0.4, 0.5) is 0 Å². The summed E-state index contributed by atoms with van der Waals surface area (Å²) in [7, 11) is 1.51. The van der Waals surface area contributed by atoms with Gasteiger partial charge in [-0.1, -0.05) is 11.6 Å². The molecule has 20 heavy (non-hydrogen) atoms. The van der Waals surface area contributed by atoms with E-state index in [4.69, 9.17) is 16.3 Å². The summed E-state index contributed by atoms with van der Waals surface area (Å²) in [5.74, 6) is -0.759. The first-order valence-electron chi connectivity index (χ1n) is 6.34. The van der Waals surface area contributed by atoms with Gasteiger partial charge in [-0.2, -0.15) is 0 Å². The van der Waals surface area contributed by atoms with Crippen molar-refractivity contribution in [1.82, 2.24) is 5.32 Å². The summed E-state index contributed by atoms with van der Waals surface area (Å²) in [5.41, 5.74) is -0.458. The van der Waals surface area contributed by atoms with E-state index in [9.17, 15) is 14.7 Å². The van der Waals surface area contributed by atoms with E-state index < -0.39 is 11.5 Å². The summed E-state index contributed by atoms with van der Waals surface area (Å²) in [5, 5.41) is 12.3. The minimum absolute atomic E-state index is 0.0404. The second-order valence-electron chi connectivity index (χ2n) is 4.92. The first kappa shape index (κ1) is 14.7. The van der Waals surface area contributed by atoms with Crippen molar-refractivity contribution in [1.29, 1.82) is 0 Å². The van der Waals surface area contributed by atoms with Gasteiger partial charge in [0.15, 0.2) is 0 Å². The van der Waals surface area contributed by atoms with Gasteiger partial charge in [0.25, 0.3) is 0 Å². The van der Waals surface area contributed by atoms with E-state index in [-0.39, 0.29) is 12.3 Å². The van der Waals surface area contributed by atoms with Crippen LogP contribution in [0.1, 0.15) is 24.8 Å². The van der Waals surface area contributed by atoms with E-state index in [1.54, 1.807) is 18.2 Å². The summed E-state index contributed by atoms with van der Waals surface area (Å²) >= 11 is 5.90. The summed E-state index contributed by atoms with van der Waals surface area (Å²) < 4.78 is 5.16. The summed E-state index contributed by atoms with van der Waals surface area (Å²) in [6, 6.07) is 5.00. The largest absolute Gasteiger partial charge is 0.496 e. The number of carboxylic acids is 1. The normalized spacial score (nSPS) is 16.1. The molecule has 1 fully saturated rings. The number of benzene rings is 1. The lowest BCUT2D eigenvalue weighted by Crippen LogP contribution is -2.59. The Kier molecular flexibility index (Phi) is 4.18. The lowest BCUT2D eigenvalue weighted by atomic mass is 9.76. The molecule has 2 rings (SSSR count). The lowest BCUT2D eigenvalue weighted by Gasteiger charge is -2.38. The quantitative estimate of drug-likeness (QED) is 0.872. The molecule has 108 valence electrons. The molecule has 0 heterocycles. The summed E-state index contributed by atoms with van der Waals surface area (Å²) in [4.78, 5) is 23.2. The van der Waals surface area contributed by atoms with E-state index >= 15 is 0 Å². The average Bonchev–Trinajstić information content (AvgIpc) is 2.33. The first-order chi connectivity index (χ1) is 9.47. The minimum atomic E-state index is -1.09. The Morgan fingerprint density at radius 1 is 1.45 bits per heavy atom. The Morgan fingerprint density at radius 2 is 2.15 bits per heavy atom. The number of halogens is 1. The van der Waals surface area contributed by atoms with Gasteiger partial charge in [0.05, 0.1) is 13.5 Å². The van der Waals surface area contributed by atoms with E-state index in [0.29, 0.717) is 29.2 Å². The average molecular weight is 298 g/mol. The fourth-order valence-electron chi connectivity index (χ4n) is 2.29. The van der Waals surface area contributed by atoms with Crippen LogP contribution < -0.4 is 10.1 Å². The second kappa shape index (κ2) is 5.71. The molecule has 1 aromatic carbocycles. The molecule has 1 aromatic rings. The van der Waals surface area contributed by atoms with Crippen LogP contribution in [0.25, 0.3) is 0 Å². The molecule has 0 aliphatic heterocycles. The minimum Gasteiger partial charge on any atom is -0.496 e. The Morgan fingerprint density at radius 3 is 2.65 bits per heavy atom. The lowest BCUT2D eigenvalue weighted by molar-refractivity contribution is -0.151.